The van der Waals surface area contributed by atoms with Gasteiger partial charge in [-0.1, -0.05) is 24.3 Å². The molecule has 1 N–H and O–H groups in total. The maximum Gasteiger partial charge on any atom is 0.352 e. The number of hydrogen-bond donors (Lipinski definition) is 1. The molecule has 1 amide bonds. The van der Waals surface area contributed by atoms with E-state index in [0.29, 0.717) is 23.9 Å². The van der Waals surface area contributed by atoms with Crippen molar-refractivity contribution in [1.82, 2.24) is 18.7 Å². The van der Waals surface area contributed by atoms with Crippen molar-refractivity contribution in [3.8, 4) is 0 Å². The number of aryl methyl sites for hydroxylation is 1. The zero-order chi connectivity index (χ0) is 23.5. The van der Waals surface area contributed by atoms with Crippen LogP contribution < -0.4 is 16.6 Å². The second-order valence-electron chi connectivity index (χ2n) is 7.85. The standard InChI is InChI=1S/C23H24FN5O4/c1-15(2)33-13-7-12-27-21(31)16-8-3-6-11-19(16)29-22(27)26-28(23(29)32)14-20(30)25-18-10-5-4-9-17(18)24/h3-6,8-11,15H,7,12-14H2,1-2H3,(H,25,30). The molecule has 0 saturated heterocycles. The van der Waals surface area contributed by atoms with Crippen LogP contribution in [-0.2, 0) is 22.6 Å². The van der Waals surface area contributed by atoms with E-state index in [0.717, 1.165) is 4.68 Å². The van der Waals surface area contributed by atoms with Gasteiger partial charge in [-0.3, -0.25) is 14.2 Å². The van der Waals surface area contributed by atoms with Crippen LogP contribution >= 0.6 is 0 Å². The molecule has 0 aliphatic rings. The molecule has 2 heterocycles. The molecular formula is C23H24FN5O4. The third-order valence-electron chi connectivity index (χ3n) is 5.10. The molecular weight excluding hydrogens is 429 g/mol. The molecule has 33 heavy (non-hydrogen) atoms. The Morgan fingerprint density at radius 2 is 1.85 bits per heavy atom. The highest BCUT2D eigenvalue weighted by atomic mass is 19.1. The number of halogens is 1. The zero-order valence-corrected chi connectivity index (χ0v) is 18.3. The molecule has 0 spiro atoms. The van der Waals surface area contributed by atoms with Crippen LogP contribution in [0.25, 0.3) is 16.7 Å². The van der Waals surface area contributed by atoms with Gasteiger partial charge in [-0.15, -0.1) is 5.10 Å². The molecule has 172 valence electrons. The largest absolute Gasteiger partial charge is 0.379 e. The van der Waals surface area contributed by atoms with Gasteiger partial charge in [0.15, 0.2) is 0 Å². The number of fused-ring (bicyclic) bond motifs is 3. The smallest absolute Gasteiger partial charge is 0.352 e. The van der Waals surface area contributed by atoms with E-state index in [-0.39, 0.29) is 29.7 Å². The van der Waals surface area contributed by atoms with Crippen LogP contribution in [0.1, 0.15) is 20.3 Å². The minimum Gasteiger partial charge on any atom is -0.379 e. The summed E-state index contributed by atoms with van der Waals surface area (Å²) >= 11 is 0. The fourth-order valence-corrected chi connectivity index (χ4v) is 3.60. The van der Waals surface area contributed by atoms with E-state index < -0.39 is 24.0 Å². The lowest BCUT2D eigenvalue weighted by atomic mass is 10.2. The molecule has 0 aliphatic heterocycles. The number of para-hydroxylation sites is 2. The van der Waals surface area contributed by atoms with E-state index in [4.69, 9.17) is 4.74 Å². The van der Waals surface area contributed by atoms with Crippen LogP contribution in [0.3, 0.4) is 0 Å². The van der Waals surface area contributed by atoms with Crippen molar-refractivity contribution in [2.24, 2.45) is 0 Å². The van der Waals surface area contributed by atoms with Crippen molar-refractivity contribution < 1.29 is 13.9 Å². The molecule has 10 heteroatoms. The van der Waals surface area contributed by atoms with E-state index in [9.17, 15) is 18.8 Å². The van der Waals surface area contributed by atoms with Crippen molar-refractivity contribution in [2.45, 2.75) is 39.5 Å². The lowest BCUT2D eigenvalue weighted by Gasteiger charge is -2.11. The lowest BCUT2D eigenvalue weighted by Crippen LogP contribution is -2.29. The number of amides is 1. The Labute approximate surface area is 188 Å². The molecule has 2 aromatic heterocycles. The van der Waals surface area contributed by atoms with Gasteiger partial charge in [0.1, 0.15) is 12.4 Å². The number of anilines is 1. The maximum absolute atomic E-state index is 13.9. The molecule has 0 fully saturated rings. The molecule has 4 aromatic rings. The summed E-state index contributed by atoms with van der Waals surface area (Å²) in [4.78, 5) is 38.8. The Hall–Kier alpha value is -3.79. The number of aromatic nitrogens is 4. The zero-order valence-electron chi connectivity index (χ0n) is 18.3. The maximum atomic E-state index is 13.9. The molecule has 0 aliphatic carbocycles. The molecule has 0 atom stereocenters. The first-order valence-corrected chi connectivity index (χ1v) is 10.6. The normalized spacial score (nSPS) is 11.5. The molecule has 0 radical (unpaired) electrons. The topological polar surface area (TPSA) is 99.6 Å². The van der Waals surface area contributed by atoms with Gasteiger partial charge in [-0.2, -0.15) is 0 Å². The van der Waals surface area contributed by atoms with E-state index in [1.807, 2.05) is 13.8 Å². The number of rotatable bonds is 8. The Kier molecular flexibility index (Phi) is 6.36. The molecule has 0 unspecified atom stereocenters. The Morgan fingerprint density at radius 1 is 1.12 bits per heavy atom. The van der Waals surface area contributed by atoms with Crippen LogP contribution in [0.2, 0.25) is 0 Å². The van der Waals surface area contributed by atoms with Gasteiger partial charge in [0, 0.05) is 13.2 Å². The second-order valence-corrected chi connectivity index (χ2v) is 7.85. The van der Waals surface area contributed by atoms with Crippen LogP contribution in [0.5, 0.6) is 0 Å². The predicted octanol–water partition coefficient (Wildman–Crippen LogP) is 2.40. The van der Waals surface area contributed by atoms with E-state index in [2.05, 4.69) is 10.4 Å². The summed E-state index contributed by atoms with van der Waals surface area (Å²) < 4.78 is 23.1. The third-order valence-corrected chi connectivity index (χ3v) is 5.10. The lowest BCUT2D eigenvalue weighted by molar-refractivity contribution is -0.117. The van der Waals surface area contributed by atoms with Crippen LogP contribution in [-0.4, -0.2) is 37.4 Å². The minimum absolute atomic E-state index is 0.00632. The van der Waals surface area contributed by atoms with Gasteiger partial charge in [0.2, 0.25) is 11.7 Å². The predicted molar refractivity (Wildman–Crippen MR) is 122 cm³/mol. The van der Waals surface area contributed by atoms with Gasteiger partial charge < -0.3 is 10.1 Å². The first-order chi connectivity index (χ1) is 15.9. The summed E-state index contributed by atoms with van der Waals surface area (Å²) in [6.45, 7) is 4.15. The van der Waals surface area contributed by atoms with Crippen LogP contribution in [0.4, 0.5) is 10.1 Å². The Morgan fingerprint density at radius 3 is 2.61 bits per heavy atom. The van der Waals surface area contributed by atoms with Crippen molar-refractivity contribution >= 4 is 28.3 Å². The first-order valence-electron chi connectivity index (χ1n) is 10.6. The van der Waals surface area contributed by atoms with E-state index in [1.54, 1.807) is 30.3 Å². The second kappa shape index (κ2) is 9.37. The summed E-state index contributed by atoms with van der Waals surface area (Å²) in [6.07, 6.45) is 0.606. The molecule has 0 saturated carbocycles. The highest BCUT2D eigenvalue weighted by Gasteiger charge is 2.19. The summed E-state index contributed by atoms with van der Waals surface area (Å²) in [6, 6.07) is 12.5. The summed E-state index contributed by atoms with van der Waals surface area (Å²) in [5.74, 6) is -1.07. The van der Waals surface area contributed by atoms with E-state index in [1.165, 1.54) is 27.2 Å². The summed E-state index contributed by atoms with van der Waals surface area (Å²) in [7, 11) is 0. The third kappa shape index (κ3) is 4.56. The number of hydrogen-bond acceptors (Lipinski definition) is 5. The Balaban J connectivity index is 1.72. The van der Waals surface area contributed by atoms with Gasteiger partial charge >= 0.3 is 5.69 Å². The molecule has 0 bridgehead atoms. The quantitative estimate of drug-likeness (QED) is 0.413. The van der Waals surface area contributed by atoms with Gasteiger partial charge in [0.25, 0.3) is 5.56 Å². The highest BCUT2D eigenvalue weighted by molar-refractivity contribution is 5.90. The number of nitrogens with one attached hydrogen (secondary N) is 1. The van der Waals surface area contributed by atoms with Crippen molar-refractivity contribution in [3.05, 3.63) is 75.2 Å². The number of carbonyl (C=O) groups excluding carboxylic acids is 1. The first kappa shape index (κ1) is 22.4. The SMILES string of the molecule is CC(C)OCCCn1c(=O)c2ccccc2n2c(=O)n(CC(=O)Nc3ccccc3F)nc12. The molecule has 4 rings (SSSR count). The minimum atomic E-state index is -0.617. The fourth-order valence-electron chi connectivity index (χ4n) is 3.60. The fraction of sp³-hybridized carbons (Fsp3) is 0.304. The Bertz CT molecular complexity index is 1440. The average Bonchev–Trinajstić information content (AvgIpc) is 3.10. The average molecular weight is 453 g/mol. The molecule has 9 nitrogen and oxygen atoms in total. The number of carbonyl (C=O) groups is 1. The van der Waals surface area contributed by atoms with E-state index >= 15 is 0 Å². The van der Waals surface area contributed by atoms with Crippen molar-refractivity contribution in [3.63, 3.8) is 0 Å². The van der Waals surface area contributed by atoms with Gasteiger partial charge in [0.05, 0.1) is 22.7 Å². The number of ether oxygens (including phenoxy) is 1. The summed E-state index contributed by atoms with van der Waals surface area (Å²) in [5, 5.41) is 7.08. The van der Waals surface area contributed by atoms with Crippen LogP contribution in [0, 0.1) is 5.82 Å². The number of benzene rings is 2. The monoisotopic (exact) mass is 453 g/mol. The summed E-state index contributed by atoms with van der Waals surface area (Å²) in [5.41, 5.74) is -0.447. The van der Waals surface area contributed by atoms with Crippen molar-refractivity contribution in [1.29, 1.82) is 0 Å². The van der Waals surface area contributed by atoms with Gasteiger partial charge in [-0.05, 0) is 44.5 Å². The highest BCUT2D eigenvalue weighted by Crippen LogP contribution is 2.13. The molecule has 2 aromatic carbocycles. The van der Waals surface area contributed by atoms with Crippen LogP contribution in [0.15, 0.2) is 58.1 Å². The van der Waals surface area contributed by atoms with Crippen molar-refractivity contribution in [2.75, 3.05) is 11.9 Å². The van der Waals surface area contributed by atoms with Gasteiger partial charge in [-0.25, -0.2) is 18.3 Å². The number of nitrogens with zero attached hydrogens (tertiary/aromatic N) is 4.